The van der Waals surface area contributed by atoms with E-state index >= 15 is 0 Å². The van der Waals surface area contributed by atoms with Gasteiger partial charge in [-0.3, -0.25) is 4.79 Å². The first-order chi connectivity index (χ1) is 6.06. The third-order valence-electron chi connectivity index (χ3n) is 1.48. The van der Waals surface area contributed by atoms with Crippen molar-refractivity contribution >= 4 is 11.8 Å². The van der Waals surface area contributed by atoms with Gasteiger partial charge in [-0.1, -0.05) is 0 Å². The van der Waals surface area contributed by atoms with Gasteiger partial charge >= 0.3 is 5.97 Å². The van der Waals surface area contributed by atoms with Gasteiger partial charge in [-0.15, -0.1) is 0 Å². The molecular formula is C8H9NO4. The van der Waals surface area contributed by atoms with Crippen molar-refractivity contribution in [3.05, 3.63) is 17.3 Å². The van der Waals surface area contributed by atoms with Crippen LogP contribution in [0, 0.1) is 6.92 Å². The minimum Gasteiger partial charge on any atom is -0.464 e. The summed E-state index contributed by atoms with van der Waals surface area (Å²) in [7, 11) is 1.24. The summed E-state index contributed by atoms with van der Waals surface area (Å²) in [6.45, 7) is 2.86. The van der Waals surface area contributed by atoms with Crippen LogP contribution < -0.4 is 0 Å². The third-order valence-corrected chi connectivity index (χ3v) is 1.48. The fourth-order valence-electron chi connectivity index (χ4n) is 0.833. The summed E-state index contributed by atoms with van der Waals surface area (Å²) in [5.74, 6) is -0.707. The Kier molecular flexibility index (Phi) is 2.46. The van der Waals surface area contributed by atoms with E-state index in [1.807, 2.05) is 0 Å². The number of ketones is 1. The summed E-state index contributed by atoms with van der Waals surface area (Å²) >= 11 is 0. The molecule has 0 unspecified atom stereocenters. The number of carbonyl (C=O) groups excluding carboxylic acids is 2. The van der Waals surface area contributed by atoms with Crippen molar-refractivity contribution in [2.45, 2.75) is 13.8 Å². The van der Waals surface area contributed by atoms with Gasteiger partial charge in [-0.2, -0.15) is 4.98 Å². The van der Waals surface area contributed by atoms with Crippen LogP contribution in [0.15, 0.2) is 4.42 Å². The highest BCUT2D eigenvalue weighted by Crippen LogP contribution is 2.10. The third kappa shape index (κ3) is 1.74. The van der Waals surface area contributed by atoms with Crippen molar-refractivity contribution in [1.82, 2.24) is 4.98 Å². The average Bonchev–Trinajstić information content (AvgIpc) is 2.46. The zero-order valence-corrected chi connectivity index (χ0v) is 7.58. The van der Waals surface area contributed by atoms with Crippen LogP contribution in [0.25, 0.3) is 0 Å². The smallest absolute Gasteiger partial charge is 0.360 e. The molecule has 0 atom stereocenters. The average molecular weight is 183 g/mol. The highest BCUT2D eigenvalue weighted by molar-refractivity contribution is 5.93. The molecule has 5 nitrogen and oxygen atoms in total. The van der Waals surface area contributed by atoms with Gasteiger partial charge in [-0.25, -0.2) is 4.79 Å². The Bertz CT molecular complexity index is 353. The standard InChI is InChI=1S/C8H9NO4/c1-4(10)7-9-6(5(2)13-7)8(11)12-3/h1-3H3. The van der Waals surface area contributed by atoms with Crippen LogP contribution in [0.4, 0.5) is 0 Å². The van der Waals surface area contributed by atoms with E-state index in [0.29, 0.717) is 0 Å². The Morgan fingerprint density at radius 1 is 1.46 bits per heavy atom. The number of carbonyl (C=O) groups is 2. The molecule has 70 valence electrons. The van der Waals surface area contributed by atoms with Crippen molar-refractivity contribution in [2.75, 3.05) is 7.11 Å². The molecule has 0 aliphatic rings. The molecule has 0 radical (unpaired) electrons. The zero-order valence-electron chi connectivity index (χ0n) is 7.58. The zero-order chi connectivity index (χ0) is 10.0. The van der Waals surface area contributed by atoms with E-state index in [-0.39, 0.29) is 23.1 Å². The first-order valence-electron chi connectivity index (χ1n) is 3.63. The number of oxazole rings is 1. The number of aromatic nitrogens is 1. The molecule has 0 saturated heterocycles. The molecule has 1 aromatic rings. The number of aryl methyl sites for hydroxylation is 1. The van der Waals surface area contributed by atoms with Crippen molar-refractivity contribution in [3.8, 4) is 0 Å². The van der Waals surface area contributed by atoms with Crippen LogP contribution in [0.5, 0.6) is 0 Å². The highest BCUT2D eigenvalue weighted by Gasteiger charge is 2.19. The molecule has 1 rings (SSSR count). The van der Waals surface area contributed by atoms with Gasteiger partial charge < -0.3 is 9.15 Å². The Labute approximate surface area is 74.7 Å². The molecule has 0 aromatic carbocycles. The van der Waals surface area contributed by atoms with Crippen LogP contribution in [0.2, 0.25) is 0 Å². The normalized spacial score (nSPS) is 9.77. The SMILES string of the molecule is COC(=O)c1nc(C(C)=O)oc1C. The van der Waals surface area contributed by atoms with Crippen molar-refractivity contribution in [3.63, 3.8) is 0 Å². The molecule has 13 heavy (non-hydrogen) atoms. The summed E-state index contributed by atoms with van der Waals surface area (Å²) in [6, 6.07) is 0. The predicted octanol–water partition coefficient (Wildman–Crippen LogP) is 0.972. The molecule has 1 heterocycles. The maximum atomic E-state index is 11.0. The Morgan fingerprint density at radius 2 is 2.08 bits per heavy atom. The van der Waals surface area contributed by atoms with E-state index in [2.05, 4.69) is 9.72 Å². The number of ether oxygens (including phenoxy) is 1. The number of esters is 1. The molecule has 0 saturated carbocycles. The minimum absolute atomic E-state index is 0.0488. The predicted molar refractivity (Wildman–Crippen MR) is 42.6 cm³/mol. The number of hydrogen-bond donors (Lipinski definition) is 0. The van der Waals surface area contributed by atoms with E-state index in [0.717, 1.165) is 0 Å². The Hall–Kier alpha value is -1.65. The lowest BCUT2D eigenvalue weighted by Gasteiger charge is -1.91. The molecule has 0 fully saturated rings. The van der Waals surface area contributed by atoms with Crippen LogP contribution in [0.3, 0.4) is 0 Å². The van der Waals surface area contributed by atoms with Crippen molar-refractivity contribution in [2.24, 2.45) is 0 Å². The maximum Gasteiger partial charge on any atom is 0.360 e. The highest BCUT2D eigenvalue weighted by atomic mass is 16.5. The number of nitrogens with zero attached hydrogens (tertiary/aromatic N) is 1. The van der Waals surface area contributed by atoms with Gasteiger partial charge in [0.2, 0.25) is 5.78 Å². The van der Waals surface area contributed by atoms with Crippen LogP contribution in [-0.2, 0) is 4.74 Å². The molecule has 0 N–H and O–H groups in total. The summed E-state index contributed by atoms with van der Waals surface area (Å²) in [6.07, 6.45) is 0. The molecule has 1 aromatic heterocycles. The molecule has 0 bridgehead atoms. The summed E-state index contributed by atoms with van der Waals surface area (Å²) in [4.78, 5) is 25.5. The molecule has 0 aliphatic carbocycles. The minimum atomic E-state index is -0.603. The number of rotatable bonds is 2. The molecule has 0 aliphatic heterocycles. The largest absolute Gasteiger partial charge is 0.464 e. The second-order valence-electron chi connectivity index (χ2n) is 2.47. The van der Waals surface area contributed by atoms with E-state index in [1.54, 1.807) is 6.92 Å². The molecule has 0 amide bonds. The number of Topliss-reactive ketones (excluding diaryl/α,β-unsaturated/α-hetero) is 1. The summed E-state index contributed by atoms with van der Waals surface area (Å²) in [5, 5.41) is 0. The van der Waals surface area contributed by atoms with Gasteiger partial charge in [0.15, 0.2) is 5.69 Å². The van der Waals surface area contributed by atoms with Gasteiger partial charge in [0.05, 0.1) is 7.11 Å². The van der Waals surface area contributed by atoms with Crippen molar-refractivity contribution < 1.29 is 18.7 Å². The van der Waals surface area contributed by atoms with Gasteiger partial charge in [0.1, 0.15) is 5.76 Å². The van der Waals surface area contributed by atoms with Gasteiger partial charge in [0, 0.05) is 6.92 Å². The van der Waals surface area contributed by atoms with Crippen LogP contribution in [-0.4, -0.2) is 23.8 Å². The topological polar surface area (TPSA) is 69.4 Å². The molecule has 0 spiro atoms. The summed E-state index contributed by atoms with van der Waals surface area (Å²) in [5.41, 5.74) is 0.0488. The van der Waals surface area contributed by atoms with E-state index in [4.69, 9.17) is 4.42 Å². The lowest BCUT2D eigenvalue weighted by atomic mass is 10.4. The fourth-order valence-corrected chi connectivity index (χ4v) is 0.833. The first kappa shape index (κ1) is 9.44. The second kappa shape index (κ2) is 3.38. The quantitative estimate of drug-likeness (QED) is 0.504. The van der Waals surface area contributed by atoms with E-state index < -0.39 is 5.97 Å². The maximum absolute atomic E-state index is 11.0. The number of methoxy groups -OCH3 is 1. The molecular weight excluding hydrogens is 174 g/mol. The first-order valence-corrected chi connectivity index (χ1v) is 3.63. The van der Waals surface area contributed by atoms with Gasteiger partial charge in [-0.05, 0) is 6.92 Å². The second-order valence-corrected chi connectivity index (χ2v) is 2.47. The fraction of sp³-hybridized carbons (Fsp3) is 0.375. The van der Waals surface area contributed by atoms with Crippen molar-refractivity contribution in [1.29, 1.82) is 0 Å². The molecule has 5 heteroatoms. The van der Waals surface area contributed by atoms with Crippen LogP contribution in [0.1, 0.15) is 33.9 Å². The van der Waals surface area contributed by atoms with Gasteiger partial charge in [0.25, 0.3) is 5.89 Å². The lowest BCUT2D eigenvalue weighted by Crippen LogP contribution is -2.04. The Balaban J connectivity index is 3.10. The monoisotopic (exact) mass is 183 g/mol. The van der Waals surface area contributed by atoms with E-state index in [1.165, 1.54) is 14.0 Å². The summed E-state index contributed by atoms with van der Waals surface area (Å²) < 4.78 is 9.37. The lowest BCUT2D eigenvalue weighted by molar-refractivity contribution is 0.0593. The van der Waals surface area contributed by atoms with E-state index in [9.17, 15) is 9.59 Å². The Morgan fingerprint density at radius 3 is 2.46 bits per heavy atom. The van der Waals surface area contributed by atoms with Crippen LogP contribution >= 0.6 is 0 Å². The number of hydrogen-bond acceptors (Lipinski definition) is 5.